The second kappa shape index (κ2) is 5.50. The minimum Gasteiger partial charge on any atom is -0.326 e. The number of thiophene rings is 1. The Bertz CT molecular complexity index is 340. The Morgan fingerprint density at radius 2 is 2.31 bits per heavy atom. The van der Waals surface area contributed by atoms with Crippen molar-refractivity contribution in [2.75, 3.05) is 13.6 Å². The highest BCUT2D eigenvalue weighted by Gasteiger charge is 2.26. The molecule has 0 saturated heterocycles. The van der Waals surface area contributed by atoms with E-state index in [1.807, 2.05) is 6.07 Å². The number of likely N-dealkylation sites (N-methyl/N-ethyl adjacent to an activating group) is 1. The topological polar surface area (TPSA) is 29.3 Å². The molecule has 2 N–H and O–H groups in total. The summed E-state index contributed by atoms with van der Waals surface area (Å²) in [6.07, 6.45) is 4.79. The molecule has 0 aromatic carbocycles. The Kier molecular flexibility index (Phi) is 4.25. The Hall–Kier alpha value is -0.0900. The molecule has 0 bridgehead atoms. The number of halogens is 1. The highest BCUT2D eigenvalue weighted by Crippen LogP contribution is 2.24. The van der Waals surface area contributed by atoms with Crippen LogP contribution in [0.25, 0.3) is 0 Å². The molecule has 0 spiro atoms. The SMILES string of the molecule is CN(CCc1ccc(Cl)s1)C1CCCC1N. The minimum atomic E-state index is 0.372. The molecule has 1 fully saturated rings. The number of rotatable bonds is 4. The van der Waals surface area contributed by atoms with E-state index in [9.17, 15) is 0 Å². The highest BCUT2D eigenvalue weighted by atomic mass is 35.5. The molecule has 2 rings (SSSR count). The van der Waals surface area contributed by atoms with E-state index in [1.54, 1.807) is 11.3 Å². The van der Waals surface area contributed by atoms with E-state index in [4.69, 9.17) is 17.3 Å². The van der Waals surface area contributed by atoms with Gasteiger partial charge < -0.3 is 10.6 Å². The molecular weight excluding hydrogens is 240 g/mol. The summed E-state index contributed by atoms with van der Waals surface area (Å²) in [5.41, 5.74) is 6.09. The van der Waals surface area contributed by atoms with Crippen molar-refractivity contribution in [1.82, 2.24) is 4.90 Å². The largest absolute Gasteiger partial charge is 0.326 e. The molecule has 90 valence electrons. The summed E-state index contributed by atoms with van der Waals surface area (Å²) < 4.78 is 0.884. The molecule has 0 radical (unpaired) electrons. The summed E-state index contributed by atoms with van der Waals surface area (Å²) in [6.45, 7) is 1.08. The highest BCUT2D eigenvalue weighted by molar-refractivity contribution is 7.16. The van der Waals surface area contributed by atoms with Crippen molar-refractivity contribution >= 4 is 22.9 Å². The van der Waals surface area contributed by atoms with Crippen LogP contribution >= 0.6 is 22.9 Å². The summed E-state index contributed by atoms with van der Waals surface area (Å²) in [4.78, 5) is 3.77. The van der Waals surface area contributed by atoms with E-state index in [0.717, 1.165) is 17.3 Å². The van der Waals surface area contributed by atoms with Crippen LogP contribution in [0.1, 0.15) is 24.1 Å². The zero-order chi connectivity index (χ0) is 11.5. The molecule has 1 heterocycles. The van der Waals surface area contributed by atoms with Gasteiger partial charge in [-0.05, 0) is 38.4 Å². The lowest BCUT2D eigenvalue weighted by Gasteiger charge is -2.27. The van der Waals surface area contributed by atoms with Crippen LogP contribution in [-0.4, -0.2) is 30.6 Å². The smallest absolute Gasteiger partial charge is 0.0931 e. The average Bonchev–Trinajstić information content (AvgIpc) is 2.84. The van der Waals surface area contributed by atoms with Crippen LogP contribution in [0.2, 0.25) is 4.34 Å². The molecule has 1 aromatic heterocycles. The van der Waals surface area contributed by atoms with Gasteiger partial charge in [0.1, 0.15) is 0 Å². The molecule has 2 atom stereocenters. The average molecular weight is 259 g/mol. The Morgan fingerprint density at radius 1 is 1.50 bits per heavy atom. The predicted molar refractivity (Wildman–Crippen MR) is 71.3 cm³/mol. The van der Waals surface area contributed by atoms with Crippen LogP contribution in [-0.2, 0) is 6.42 Å². The third-order valence-corrected chi connectivity index (χ3v) is 4.73. The molecule has 1 aliphatic carbocycles. The molecule has 16 heavy (non-hydrogen) atoms. The second-order valence-electron chi connectivity index (χ2n) is 4.60. The fraction of sp³-hybridized carbons (Fsp3) is 0.667. The van der Waals surface area contributed by atoms with E-state index in [2.05, 4.69) is 18.0 Å². The molecule has 2 nitrogen and oxygen atoms in total. The van der Waals surface area contributed by atoms with Crippen LogP contribution < -0.4 is 5.73 Å². The van der Waals surface area contributed by atoms with Crippen LogP contribution in [0.5, 0.6) is 0 Å². The molecule has 4 heteroatoms. The standard InChI is InChI=1S/C12H19ClN2S/c1-15(11-4-2-3-10(11)14)8-7-9-5-6-12(13)16-9/h5-6,10-11H,2-4,7-8,14H2,1H3. The Morgan fingerprint density at radius 3 is 2.88 bits per heavy atom. The Labute approximate surface area is 106 Å². The summed E-state index contributed by atoms with van der Waals surface area (Å²) in [7, 11) is 2.19. The zero-order valence-electron chi connectivity index (χ0n) is 9.66. The van der Waals surface area contributed by atoms with Crippen molar-refractivity contribution in [3.63, 3.8) is 0 Å². The normalized spacial score (nSPS) is 25.5. The number of nitrogens with two attached hydrogens (primary N) is 1. The van der Waals surface area contributed by atoms with Crippen LogP contribution in [0, 0.1) is 0 Å². The van der Waals surface area contributed by atoms with Crippen LogP contribution in [0.3, 0.4) is 0 Å². The first kappa shape index (κ1) is 12.4. The molecular formula is C12H19ClN2S. The van der Waals surface area contributed by atoms with E-state index >= 15 is 0 Å². The first-order valence-electron chi connectivity index (χ1n) is 5.87. The first-order chi connectivity index (χ1) is 7.66. The fourth-order valence-electron chi connectivity index (χ4n) is 2.45. The van der Waals surface area contributed by atoms with Gasteiger partial charge in [-0.2, -0.15) is 0 Å². The van der Waals surface area contributed by atoms with Crippen molar-refractivity contribution in [1.29, 1.82) is 0 Å². The van der Waals surface area contributed by atoms with Crippen molar-refractivity contribution in [2.45, 2.75) is 37.8 Å². The fourth-order valence-corrected chi connectivity index (χ4v) is 3.53. The summed E-state index contributed by atoms with van der Waals surface area (Å²) >= 11 is 7.59. The predicted octanol–water partition coefficient (Wildman–Crippen LogP) is 2.76. The van der Waals surface area contributed by atoms with Gasteiger partial charge in [-0.3, -0.25) is 0 Å². The van der Waals surface area contributed by atoms with Gasteiger partial charge in [0.25, 0.3) is 0 Å². The van der Waals surface area contributed by atoms with Gasteiger partial charge in [0.15, 0.2) is 0 Å². The van der Waals surface area contributed by atoms with Gasteiger partial charge in [-0.1, -0.05) is 18.0 Å². The maximum absolute atomic E-state index is 6.09. The first-order valence-corrected chi connectivity index (χ1v) is 7.06. The van der Waals surface area contributed by atoms with Crippen LogP contribution in [0.15, 0.2) is 12.1 Å². The maximum Gasteiger partial charge on any atom is 0.0931 e. The molecule has 1 saturated carbocycles. The quantitative estimate of drug-likeness (QED) is 0.900. The molecule has 1 aromatic rings. The number of hydrogen-bond donors (Lipinski definition) is 1. The molecule has 2 unspecified atom stereocenters. The summed E-state index contributed by atoms with van der Waals surface area (Å²) in [6, 6.07) is 5.05. The minimum absolute atomic E-state index is 0.372. The van der Waals surface area contributed by atoms with Gasteiger partial charge in [0.2, 0.25) is 0 Å². The molecule has 1 aliphatic rings. The zero-order valence-corrected chi connectivity index (χ0v) is 11.2. The van der Waals surface area contributed by atoms with Gasteiger partial charge >= 0.3 is 0 Å². The van der Waals surface area contributed by atoms with Crippen molar-refractivity contribution in [2.24, 2.45) is 5.73 Å². The van der Waals surface area contributed by atoms with E-state index in [1.165, 1.54) is 24.1 Å². The van der Waals surface area contributed by atoms with Gasteiger partial charge in [0.05, 0.1) is 4.34 Å². The van der Waals surface area contributed by atoms with Crippen molar-refractivity contribution < 1.29 is 0 Å². The monoisotopic (exact) mass is 258 g/mol. The molecule has 0 amide bonds. The maximum atomic E-state index is 6.09. The lowest BCUT2D eigenvalue weighted by atomic mass is 10.1. The van der Waals surface area contributed by atoms with Gasteiger partial charge in [0, 0.05) is 23.5 Å². The summed E-state index contributed by atoms with van der Waals surface area (Å²) in [5.74, 6) is 0. The van der Waals surface area contributed by atoms with Gasteiger partial charge in [-0.25, -0.2) is 0 Å². The van der Waals surface area contributed by atoms with E-state index in [-0.39, 0.29) is 0 Å². The van der Waals surface area contributed by atoms with E-state index < -0.39 is 0 Å². The third kappa shape index (κ3) is 2.98. The molecule has 0 aliphatic heterocycles. The lowest BCUT2D eigenvalue weighted by Crippen LogP contribution is -2.42. The lowest BCUT2D eigenvalue weighted by molar-refractivity contribution is 0.231. The number of hydrogen-bond acceptors (Lipinski definition) is 3. The van der Waals surface area contributed by atoms with Gasteiger partial charge in [-0.15, -0.1) is 11.3 Å². The third-order valence-electron chi connectivity index (χ3n) is 3.44. The van der Waals surface area contributed by atoms with Crippen LogP contribution in [0.4, 0.5) is 0 Å². The van der Waals surface area contributed by atoms with Crippen molar-refractivity contribution in [3.8, 4) is 0 Å². The second-order valence-corrected chi connectivity index (χ2v) is 6.40. The summed E-state index contributed by atoms with van der Waals surface area (Å²) in [5, 5.41) is 0. The Balaban J connectivity index is 1.81. The van der Waals surface area contributed by atoms with Crippen molar-refractivity contribution in [3.05, 3.63) is 21.3 Å². The number of nitrogens with zero attached hydrogens (tertiary/aromatic N) is 1. The van der Waals surface area contributed by atoms with E-state index in [0.29, 0.717) is 12.1 Å².